The van der Waals surface area contributed by atoms with Crippen LogP contribution in [0.5, 0.6) is 0 Å². The molecule has 5 heteroatoms. The normalized spacial score (nSPS) is 13.9. The molecule has 0 aromatic heterocycles. The predicted molar refractivity (Wildman–Crippen MR) is 75.8 cm³/mol. The van der Waals surface area contributed by atoms with Gasteiger partial charge in [-0.2, -0.15) is 0 Å². The molecule has 0 saturated heterocycles. The number of amides is 1. The van der Waals surface area contributed by atoms with Crippen molar-refractivity contribution in [2.45, 2.75) is 58.9 Å². The van der Waals surface area contributed by atoms with Gasteiger partial charge in [0.05, 0.1) is 6.42 Å². The number of carbonyl (C=O) groups is 2. The summed E-state index contributed by atoms with van der Waals surface area (Å²) in [4.78, 5) is 24.5. The zero-order chi connectivity index (χ0) is 14.8. The third-order valence-corrected chi connectivity index (χ3v) is 3.58. The first kappa shape index (κ1) is 17.9. The molecule has 0 spiro atoms. The van der Waals surface area contributed by atoms with Crippen molar-refractivity contribution in [1.29, 1.82) is 0 Å². The lowest BCUT2D eigenvalue weighted by molar-refractivity contribution is -0.140. The average Bonchev–Trinajstić information content (AvgIpc) is 2.34. The van der Waals surface area contributed by atoms with Gasteiger partial charge in [0.2, 0.25) is 5.91 Å². The second kappa shape index (κ2) is 9.78. The Hall–Kier alpha value is -1.10. The molecule has 0 radical (unpaired) electrons. The van der Waals surface area contributed by atoms with Crippen molar-refractivity contribution in [2.75, 3.05) is 13.1 Å². The largest absolute Gasteiger partial charge is 0.481 e. The van der Waals surface area contributed by atoms with E-state index in [2.05, 4.69) is 6.92 Å². The van der Waals surface area contributed by atoms with Crippen molar-refractivity contribution in [2.24, 2.45) is 11.7 Å². The molecular formula is C14H28N2O3. The van der Waals surface area contributed by atoms with E-state index >= 15 is 0 Å². The summed E-state index contributed by atoms with van der Waals surface area (Å²) in [5.74, 6) is -0.331. The number of nitrogens with two attached hydrogens (primary N) is 1. The lowest BCUT2D eigenvalue weighted by Crippen LogP contribution is -2.39. The van der Waals surface area contributed by atoms with Crippen LogP contribution in [0.15, 0.2) is 0 Å². The summed E-state index contributed by atoms with van der Waals surface area (Å²) in [6, 6.07) is -0.246. The van der Waals surface area contributed by atoms with E-state index in [0.717, 1.165) is 19.3 Å². The molecule has 0 aliphatic rings. The minimum absolute atomic E-state index is 0.000410. The molecule has 19 heavy (non-hydrogen) atoms. The van der Waals surface area contributed by atoms with Gasteiger partial charge in [0, 0.05) is 19.0 Å². The molecule has 0 saturated carbocycles. The number of hydrogen-bond acceptors (Lipinski definition) is 3. The number of aliphatic carboxylic acids is 1. The van der Waals surface area contributed by atoms with E-state index in [0.29, 0.717) is 25.4 Å². The Bertz CT molecular complexity index is 282. The highest BCUT2D eigenvalue weighted by atomic mass is 16.4. The zero-order valence-electron chi connectivity index (χ0n) is 12.4. The third-order valence-electron chi connectivity index (χ3n) is 3.58. The van der Waals surface area contributed by atoms with Gasteiger partial charge in [-0.1, -0.05) is 13.3 Å². The fourth-order valence-corrected chi connectivity index (χ4v) is 2.36. The van der Waals surface area contributed by atoms with Gasteiger partial charge in [-0.3, -0.25) is 9.59 Å². The third kappa shape index (κ3) is 7.15. The number of carbonyl (C=O) groups excluding carboxylic acids is 1. The molecule has 0 aliphatic heterocycles. The molecule has 0 aliphatic carbocycles. The average molecular weight is 272 g/mol. The molecule has 2 unspecified atom stereocenters. The number of carboxylic acids is 1. The quantitative estimate of drug-likeness (QED) is 0.635. The maximum Gasteiger partial charge on any atom is 0.305 e. The summed E-state index contributed by atoms with van der Waals surface area (Å²) in [7, 11) is 0. The van der Waals surface area contributed by atoms with Crippen molar-refractivity contribution in [3.8, 4) is 0 Å². The highest BCUT2D eigenvalue weighted by molar-refractivity contribution is 5.77. The molecule has 5 nitrogen and oxygen atoms in total. The maximum absolute atomic E-state index is 12.1. The van der Waals surface area contributed by atoms with Crippen LogP contribution in [0.1, 0.15) is 52.9 Å². The van der Waals surface area contributed by atoms with Crippen molar-refractivity contribution in [1.82, 2.24) is 4.90 Å². The molecule has 0 heterocycles. The SMILES string of the molecule is CCC(CCN)CCC(=O)N(CC)C(C)CC(=O)O. The van der Waals surface area contributed by atoms with Gasteiger partial charge >= 0.3 is 5.97 Å². The van der Waals surface area contributed by atoms with Gasteiger partial charge in [0.15, 0.2) is 0 Å². The van der Waals surface area contributed by atoms with E-state index in [-0.39, 0.29) is 18.4 Å². The topological polar surface area (TPSA) is 83.6 Å². The highest BCUT2D eigenvalue weighted by Crippen LogP contribution is 2.16. The van der Waals surface area contributed by atoms with Crippen molar-refractivity contribution in [3.63, 3.8) is 0 Å². The van der Waals surface area contributed by atoms with E-state index < -0.39 is 5.97 Å². The van der Waals surface area contributed by atoms with E-state index in [1.54, 1.807) is 11.8 Å². The fourth-order valence-electron chi connectivity index (χ4n) is 2.36. The molecule has 2 atom stereocenters. The molecule has 3 N–H and O–H groups in total. The standard InChI is InChI=1S/C14H28N2O3/c1-4-12(8-9-15)6-7-13(17)16(5-2)11(3)10-14(18)19/h11-12H,4-10,15H2,1-3H3,(H,18,19). The summed E-state index contributed by atoms with van der Waals surface area (Å²) in [6.07, 6.45) is 3.29. The second-order valence-corrected chi connectivity index (χ2v) is 5.02. The molecular weight excluding hydrogens is 244 g/mol. The molecule has 112 valence electrons. The van der Waals surface area contributed by atoms with E-state index in [4.69, 9.17) is 10.8 Å². The molecule has 0 bridgehead atoms. The molecule has 0 aromatic carbocycles. The van der Waals surface area contributed by atoms with Crippen LogP contribution in [-0.2, 0) is 9.59 Å². The van der Waals surface area contributed by atoms with Crippen LogP contribution in [-0.4, -0.2) is 41.0 Å². The Morgan fingerprint density at radius 3 is 2.32 bits per heavy atom. The monoisotopic (exact) mass is 272 g/mol. The number of rotatable bonds is 10. The first-order valence-electron chi connectivity index (χ1n) is 7.17. The molecule has 1 amide bonds. The minimum atomic E-state index is -0.867. The first-order chi connectivity index (χ1) is 8.96. The summed E-state index contributed by atoms with van der Waals surface area (Å²) in [6.45, 7) is 6.98. The van der Waals surface area contributed by atoms with Crippen LogP contribution in [0.4, 0.5) is 0 Å². The van der Waals surface area contributed by atoms with Gasteiger partial charge in [0.25, 0.3) is 0 Å². The van der Waals surface area contributed by atoms with Gasteiger partial charge in [-0.25, -0.2) is 0 Å². The van der Waals surface area contributed by atoms with Crippen LogP contribution >= 0.6 is 0 Å². The lowest BCUT2D eigenvalue weighted by atomic mass is 9.96. The van der Waals surface area contributed by atoms with Crippen LogP contribution < -0.4 is 5.73 Å². The Morgan fingerprint density at radius 2 is 1.89 bits per heavy atom. The Balaban J connectivity index is 4.31. The van der Waals surface area contributed by atoms with E-state index in [1.165, 1.54) is 0 Å². The van der Waals surface area contributed by atoms with Gasteiger partial charge in [-0.15, -0.1) is 0 Å². The van der Waals surface area contributed by atoms with Gasteiger partial charge in [-0.05, 0) is 39.2 Å². The van der Waals surface area contributed by atoms with Crippen LogP contribution in [0.2, 0.25) is 0 Å². The van der Waals surface area contributed by atoms with Crippen molar-refractivity contribution < 1.29 is 14.7 Å². The van der Waals surface area contributed by atoms with Crippen LogP contribution in [0, 0.1) is 5.92 Å². The molecule has 0 aromatic rings. The lowest BCUT2D eigenvalue weighted by Gasteiger charge is -2.27. The molecule has 0 fully saturated rings. The summed E-state index contributed by atoms with van der Waals surface area (Å²) < 4.78 is 0. The van der Waals surface area contributed by atoms with E-state index in [1.807, 2.05) is 6.92 Å². The van der Waals surface area contributed by atoms with E-state index in [9.17, 15) is 9.59 Å². The number of carboxylic acid groups (broad SMARTS) is 1. The van der Waals surface area contributed by atoms with Crippen LogP contribution in [0.3, 0.4) is 0 Å². The van der Waals surface area contributed by atoms with Crippen molar-refractivity contribution >= 4 is 11.9 Å². The number of hydrogen-bond donors (Lipinski definition) is 2. The van der Waals surface area contributed by atoms with Crippen LogP contribution in [0.25, 0.3) is 0 Å². The summed E-state index contributed by atoms with van der Waals surface area (Å²) in [5, 5.41) is 8.78. The van der Waals surface area contributed by atoms with Crippen molar-refractivity contribution in [3.05, 3.63) is 0 Å². The Morgan fingerprint density at radius 1 is 1.26 bits per heavy atom. The first-order valence-corrected chi connectivity index (χ1v) is 7.17. The van der Waals surface area contributed by atoms with Gasteiger partial charge in [0.1, 0.15) is 0 Å². The fraction of sp³-hybridized carbons (Fsp3) is 0.857. The highest BCUT2D eigenvalue weighted by Gasteiger charge is 2.21. The predicted octanol–water partition coefficient (Wildman–Crippen LogP) is 1.85. The summed E-state index contributed by atoms with van der Waals surface area (Å²) in [5.41, 5.74) is 5.54. The maximum atomic E-state index is 12.1. The second-order valence-electron chi connectivity index (χ2n) is 5.02. The Labute approximate surface area is 116 Å². The number of nitrogens with zero attached hydrogens (tertiary/aromatic N) is 1. The minimum Gasteiger partial charge on any atom is -0.481 e. The smallest absolute Gasteiger partial charge is 0.305 e. The Kier molecular flexibility index (Phi) is 9.21. The summed E-state index contributed by atoms with van der Waals surface area (Å²) >= 11 is 0. The molecule has 0 rings (SSSR count). The zero-order valence-corrected chi connectivity index (χ0v) is 12.4. The van der Waals surface area contributed by atoms with Gasteiger partial charge < -0.3 is 15.7 Å².